The van der Waals surface area contributed by atoms with Crippen molar-refractivity contribution < 1.29 is 20.1 Å². The Bertz CT molecular complexity index is 330. The number of nitrogens with two attached hydrogens (primary N) is 1. The third-order valence-electron chi connectivity index (χ3n) is 1.83. The standard InChI is InChI=1S/C9H11NO4/c10-5(4-8(13)14)9-6(11)2-1-3-7(9)12/h1-3,5,11-12H,4,10H2,(H,13,14). The van der Waals surface area contributed by atoms with Gasteiger partial charge in [-0.25, -0.2) is 0 Å². The minimum absolute atomic E-state index is 0.0647. The summed E-state index contributed by atoms with van der Waals surface area (Å²) in [6.45, 7) is 0. The Labute approximate surface area is 80.4 Å². The first-order valence-electron chi connectivity index (χ1n) is 4.00. The summed E-state index contributed by atoms with van der Waals surface area (Å²) >= 11 is 0. The highest BCUT2D eigenvalue weighted by Crippen LogP contribution is 2.32. The molecule has 5 nitrogen and oxygen atoms in total. The highest BCUT2D eigenvalue weighted by molar-refractivity contribution is 5.68. The molecule has 0 fully saturated rings. The summed E-state index contributed by atoms with van der Waals surface area (Å²) < 4.78 is 0. The van der Waals surface area contributed by atoms with Gasteiger partial charge in [-0.3, -0.25) is 4.79 Å². The maximum absolute atomic E-state index is 10.4. The van der Waals surface area contributed by atoms with E-state index in [1.807, 2.05) is 0 Å². The van der Waals surface area contributed by atoms with E-state index in [1.54, 1.807) is 0 Å². The van der Waals surface area contributed by atoms with Crippen molar-refractivity contribution in [3.8, 4) is 11.5 Å². The number of phenols is 2. The van der Waals surface area contributed by atoms with E-state index in [-0.39, 0.29) is 23.5 Å². The second-order valence-corrected chi connectivity index (χ2v) is 2.91. The molecule has 1 rings (SSSR count). The molecule has 0 radical (unpaired) electrons. The number of carboxylic acids is 1. The molecule has 1 aromatic carbocycles. The van der Waals surface area contributed by atoms with Crippen LogP contribution in [0, 0.1) is 0 Å². The predicted octanol–water partition coefficient (Wildman–Crippen LogP) is 0.572. The number of aromatic hydroxyl groups is 2. The quantitative estimate of drug-likeness (QED) is 0.567. The van der Waals surface area contributed by atoms with Gasteiger partial charge in [0.25, 0.3) is 0 Å². The molecule has 0 aliphatic rings. The maximum atomic E-state index is 10.4. The van der Waals surface area contributed by atoms with Crippen LogP contribution in [0.1, 0.15) is 18.0 Å². The first-order chi connectivity index (χ1) is 6.52. The molecular weight excluding hydrogens is 186 g/mol. The molecule has 0 amide bonds. The lowest BCUT2D eigenvalue weighted by molar-refractivity contribution is -0.137. The number of rotatable bonds is 3. The number of hydrogen-bond acceptors (Lipinski definition) is 4. The van der Waals surface area contributed by atoms with E-state index in [0.29, 0.717) is 0 Å². The second kappa shape index (κ2) is 3.97. The number of carbonyl (C=O) groups is 1. The van der Waals surface area contributed by atoms with Gasteiger partial charge in [0.15, 0.2) is 0 Å². The van der Waals surface area contributed by atoms with Gasteiger partial charge in [-0.05, 0) is 12.1 Å². The van der Waals surface area contributed by atoms with Crippen molar-refractivity contribution in [2.75, 3.05) is 0 Å². The van der Waals surface area contributed by atoms with Crippen LogP contribution >= 0.6 is 0 Å². The summed E-state index contributed by atoms with van der Waals surface area (Å²) in [5, 5.41) is 27.2. The normalized spacial score (nSPS) is 12.4. The topological polar surface area (TPSA) is 104 Å². The van der Waals surface area contributed by atoms with Gasteiger partial charge in [-0.2, -0.15) is 0 Å². The van der Waals surface area contributed by atoms with E-state index in [0.717, 1.165) is 0 Å². The Morgan fingerprint density at radius 3 is 2.29 bits per heavy atom. The lowest BCUT2D eigenvalue weighted by Gasteiger charge is -2.12. The summed E-state index contributed by atoms with van der Waals surface area (Å²) in [6.07, 6.45) is -0.342. The Hall–Kier alpha value is -1.75. The summed E-state index contributed by atoms with van der Waals surface area (Å²) in [5.74, 6) is -1.47. The zero-order chi connectivity index (χ0) is 10.7. The molecule has 1 atom stereocenters. The van der Waals surface area contributed by atoms with E-state index >= 15 is 0 Å². The molecule has 0 saturated carbocycles. The second-order valence-electron chi connectivity index (χ2n) is 2.91. The fraction of sp³-hybridized carbons (Fsp3) is 0.222. The molecule has 5 heteroatoms. The van der Waals surface area contributed by atoms with Crippen molar-refractivity contribution in [2.45, 2.75) is 12.5 Å². The van der Waals surface area contributed by atoms with Crippen molar-refractivity contribution >= 4 is 5.97 Å². The minimum atomic E-state index is -1.08. The Kier molecular flexibility index (Phi) is 2.93. The first-order valence-corrected chi connectivity index (χ1v) is 4.00. The fourth-order valence-corrected chi connectivity index (χ4v) is 1.21. The summed E-state index contributed by atoms with van der Waals surface area (Å²) in [4.78, 5) is 10.4. The van der Waals surface area contributed by atoms with E-state index in [2.05, 4.69) is 0 Å². The van der Waals surface area contributed by atoms with Gasteiger partial charge >= 0.3 is 5.97 Å². The van der Waals surface area contributed by atoms with Crippen LogP contribution in [0.15, 0.2) is 18.2 Å². The molecular formula is C9H11NO4. The molecule has 1 aromatic rings. The highest BCUT2D eigenvalue weighted by Gasteiger charge is 2.17. The number of aliphatic carboxylic acids is 1. The van der Waals surface area contributed by atoms with Crippen LogP contribution in [-0.2, 0) is 4.79 Å². The minimum Gasteiger partial charge on any atom is -0.507 e. The Balaban J connectivity index is 2.99. The SMILES string of the molecule is NC(CC(=O)O)c1c(O)cccc1O. The van der Waals surface area contributed by atoms with Gasteiger partial charge in [0.2, 0.25) is 0 Å². The van der Waals surface area contributed by atoms with Crippen molar-refractivity contribution in [1.29, 1.82) is 0 Å². The summed E-state index contributed by atoms with van der Waals surface area (Å²) in [6, 6.07) is 3.23. The molecule has 0 saturated heterocycles. The third kappa shape index (κ3) is 2.14. The van der Waals surface area contributed by atoms with Crippen molar-refractivity contribution in [3.63, 3.8) is 0 Å². The Morgan fingerprint density at radius 2 is 1.86 bits per heavy atom. The number of hydrogen-bond donors (Lipinski definition) is 4. The summed E-state index contributed by atoms with van der Waals surface area (Å²) in [5.41, 5.74) is 5.56. The molecule has 1 unspecified atom stereocenters. The van der Waals surface area contributed by atoms with Crippen LogP contribution in [0.5, 0.6) is 11.5 Å². The molecule has 5 N–H and O–H groups in total. The third-order valence-corrected chi connectivity index (χ3v) is 1.83. The fourth-order valence-electron chi connectivity index (χ4n) is 1.21. The van der Waals surface area contributed by atoms with Crippen LogP contribution in [0.2, 0.25) is 0 Å². The van der Waals surface area contributed by atoms with Crippen LogP contribution in [0.25, 0.3) is 0 Å². The monoisotopic (exact) mass is 197 g/mol. The number of carboxylic acid groups (broad SMARTS) is 1. The molecule has 76 valence electrons. The van der Waals surface area contributed by atoms with Gasteiger partial charge in [0.05, 0.1) is 12.0 Å². The highest BCUT2D eigenvalue weighted by atomic mass is 16.4. The molecule has 0 bridgehead atoms. The molecule has 0 aliphatic carbocycles. The smallest absolute Gasteiger partial charge is 0.305 e. The van der Waals surface area contributed by atoms with Gasteiger partial charge < -0.3 is 21.1 Å². The largest absolute Gasteiger partial charge is 0.507 e. The zero-order valence-electron chi connectivity index (χ0n) is 7.34. The van der Waals surface area contributed by atoms with Crippen LogP contribution in [0.3, 0.4) is 0 Å². The number of benzene rings is 1. The van der Waals surface area contributed by atoms with Gasteiger partial charge in [0.1, 0.15) is 11.5 Å². The van der Waals surface area contributed by atoms with Crippen molar-refractivity contribution in [2.24, 2.45) is 5.73 Å². The van der Waals surface area contributed by atoms with E-state index < -0.39 is 12.0 Å². The van der Waals surface area contributed by atoms with Gasteiger partial charge in [-0.1, -0.05) is 6.07 Å². The lowest BCUT2D eigenvalue weighted by atomic mass is 10.0. The van der Waals surface area contributed by atoms with E-state index in [4.69, 9.17) is 10.8 Å². The maximum Gasteiger partial charge on any atom is 0.305 e. The molecule has 0 heterocycles. The van der Waals surface area contributed by atoms with Crippen molar-refractivity contribution in [1.82, 2.24) is 0 Å². The van der Waals surface area contributed by atoms with Gasteiger partial charge in [0, 0.05) is 6.04 Å². The molecule has 14 heavy (non-hydrogen) atoms. The number of phenolic OH excluding ortho intramolecular Hbond substituents is 2. The molecule has 0 aliphatic heterocycles. The van der Waals surface area contributed by atoms with Crippen LogP contribution < -0.4 is 5.73 Å². The average Bonchev–Trinajstić information content (AvgIpc) is 2.01. The first kappa shape index (κ1) is 10.3. The summed E-state index contributed by atoms with van der Waals surface area (Å²) in [7, 11) is 0. The van der Waals surface area contributed by atoms with Crippen LogP contribution in [-0.4, -0.2) is 21.3 Å². The lowest BCUT2D eigenvalue weighted by Crippen LogP contribution is -2.15. The van der Waals surface area contributed by atoms with Crippen molar-refractivity contribution in [3.05, 3.63) is 23.8 Å². The van der Waals surface area contributed by atoms with Gasteiger partial charge in [-0.15, -0.1) is 0 Å². The average molecular weight is 197 g/mol. The molecule has 0 aromatic heterocycles. The predicted molar refractivity (Wildman–Crippen MR) is 49.0 cm³/mol. The Morgan fingerprint density at radius 1 is 1.36 bits per heavy atom. The zero-order valence-corrected chi connectivity index (χ0v) is 7.34. The van der Waals surface area contributed by atoms with Crippen LogP contribution in [0.4, 0.5) is 0 Å². The van der Waals surface area contributed by atoms with E-state index in [1.165, 1.54) is 18.2 Å². The molecule has 0 spiro atoms. The van der Waals surface area contributed by atoms with E-state index in [9.17, 15) is 15.0 Å².